The third-order valence-corrected chi connectivity index (χ3v) is 3.68. The topological polar surface area (TPSA) is 6.48 Å². The molecule has 3 heteroatoms. The van der Waals surface area contributed by atoms with Gasteiger partial charge in [-0.1, -0.05) is 12.1 Å². The highest BCUT2D eigenvalue weighted by Gasteiger charge is 2.35. The van der Waals surface area contributed by atoms with Crippen molar-refractivity contribution in [2.45, 2.75) is 12.5 Å². The number of hydrogen-bond acceptors (Lipinski definition) is 2. The molecule has 2 rings (SSSR count). The molecule has 1 aromatic rings. The minimum Gasteiger partial charge on any atom is -0.303 e. The van der Waals surface area contributed by atoms with Crippen LogP contribution in [0.4, 0.5) is 4.39 Å². The van der Waals surface area contributed by atoms with E-state index in [1.165, 1.54) is 6.07 Å². The van der Waals surface area contributed by atoms with E-state index in [1.54, 1.807) is 12.1 Å². The van der Waals surface area contributed by atoms with E-state index in [0.29, 0.717) is 0 Å². The Hall–Kier alpha value is -0.930. The molecular weight excluding hydrogens is 203 g/mol. The number of benzene rings is 1. The lowest BCUT2D eigenvalue weighted by molar-refractivity contribution is 0.0378. The molecule has 0 aliphatic carbocycles. The van der Waals surface area contributed by atoms with E-state index in [-0.39, 0.29) is 11.4 Å². The standard InChI is InChI=1S/C13H19FN2/c1-13(10-15(2)7-8-16(13)3)11-5-4-6-12(14)9-11/h4-6,9H,7-8,10H2,1-3H3. The normalized spacial score (nSPS) is 28.2. The van der Waals surface area contributed by atoms with Crippen molar-refractivity contribution in [2.24, 2.45) is 0 Å². The first kappa shape index (κ1) is 11.6. The fourth-order valence-electron chi connectivity index (χ4n) is 2.43. The molecule has 0 saturated carbocycles. The van der Waals surface area contributed by atoms with Crippen molar-refractivity contribution < 1.29 is 4.39 Å². The highest BCUT2D eigenvalue weighted by molar-refractivity contribution is 5.25. The molecule has 1 atom stereocenters. The van der Waals surface area contributed by atoms with E-state index in [9.17, 15) is 4.39 Å². The van der Waals surface area contributed by atoms with E-state index in [2.05, 4.69) is 30.8 Å². The molecule has 1 saturated heterocycles. The van der Waals surface area contributed by atoms with Crippen LogP contribution in [0.1, 0.15) is 12.5 Å². The maximum absolute atomic E-state index is 13.3. The number of rotatable bonds is 1. The van der Waals surface area contributed by atoms with Crippen molar-refractivity contribution in [1.29, 1.82) is 0 Å². The zero-order valence-corrected chi connectivity index (χ0v) is 10.2. The molecule has 0 bridgehead atoms. The van der Waals surface area contributed by atoms with Crippen LogP contribution in [0, 0.1) is 5.82 Å². The van der Waals surface area contributed by atoms with Gasteiger partial charge < -0.3 is 4.90 Å². The van der Waals surface area contributed by atoms with Crippen molar-refractivity contribution in [3.8, 4) is 0 Å². The van der Waals surface area contributed by atoms with Gasteiger partial charge in [0.1, 0.15) is 5.82 Å². The summed E-state index contributed by atoms with van der Waals surface area (Å²) in [6, 6.07) is 6.95. The van der Waals surface area contributed by atoms with Gasteiger partial charge >= 0.3 is 0 Å². The summed E-state index contributed by atoms with van der Waals surface area (Å²) in [6.45, 7) is 5.20. The fraction of sp³-hybridized carbons (Fsp3) is 0.538. The SMILES string of the molecule is CN1CCN(C)C(C)(c2cccc(F)c2)C1. The second-order valence-electron chi connectivity index (χ2n) is 4.94. The fourth-order valence-corrected chi connectivity index (χ4v) is 2.43. The predicted octanol–water partition coefficient (Wildman–Crippen LogP) is 1.92. The van der Waals surface area contributed by atoms with Gasteiger partial charge in [-0.25, -0.2) is 4.39 Å². The minimum atomic E-state index is -0.152. The van der Waals surface area contributed by atoms with Crippen molar-refractivity contribution in [3.05, 3.63) is 35.6 Å². The third kappa shape index (κ3) is 1.97. The Labute approximate surface area is 96.7 Å². The van der Waals surface area contributed by atoms with Crippen LogP contribution < -0.4 is 0 Å². The van der Waals surface area contributed by atoms with Crippen LogP contribution in [0.3, 0.4) is 0 Å². The molecule has 1 aliphatic rings. The van der Waals surface area contributed by atoms with Gasteiger partial charge in [0.15, 0.2) is 0 Å². The maximum Gasteiger partial charge on any atom is 0.123 e. The summed E-state index contributed by atoms with van der Waals surface area (Å²) in [5, 5.41) is 0. The molecule has 1 fully saturated rings. The lowest BCUT2D eigenvalue weighted by atomic mass is 9.88. The summed E-state index contributed by atoms with van der Waals surface area (Å²) < 4.78 is 13.3. The van der Waals surface area contributed by atoms with Gasteiger partial charge in [0.2, 0.25) is 0 Å². The van der Waals surface area contributed by atoms with Crippen LogP contribution in [-0.4, -0.2) is 43.5 Å². The molecule has 0 aromatic heterocycles. The first-order valence-electron chi connectivity index (χ1n) is 5.68. The Morgan fingerprint density at radius 1 is 1.25 bits per heavy atom. The largest absolute Gasteiger partial charge is 0.303 e. The van der Waals surface area contributed by atoms with Gasteiger partial charge in [-0.2, -0.15) is 0 Å². The molecule has 0 amide bonds. The summed E-state index contributed by atoms with van der Waals surface area (Å²) >= 11 is 0. The minimum absolute atomic E-state index is 0.0882. The molecule has 0 N–H and O–H groups in total. The van der Waals surface area contributed by atoms with Crippen LogP contribution in [0.5, 0.6) is 0 Å². The van der Waals surface area contributed by atoms with Crippen molar-refractivity contribution in [3.63, 3.8) is 0 Å². The summed E-state index contributed by atoms with van der Waals surface area (Å²) in [5.41, 5.74) is 0.969. The van der Waals surface area contributed by atoms with E-state index >= 15 is 0 Å². The summed E-state index contributed by atoms with van der Waals surface area (Å²) in [6.07, 6.45) is 0. The molecule has 1 aliphatic heterocycles. The van der Waals surface area contributed by atoms with Crippen molar-refractivity contribution >= 4 is 0 Å². The Balaban J connectivity index is 2.35. The van der Waals surface area contributed by atoms with Crippen molar-refractivity contribution in [1.82, 2.24) is 9.80 Å². The molecule has 0 spiro atoms. The molecule has 16 heavy (non-hydrogen) atoms. The first-order valence-corrected chi connectivity index (χ1v) is 5.68. The monoisotopic (exact) mass is 222 g/mol. The summed E-state index contributed by atoms with van der Waals surface area (Å²) in [5.74, 6) is -0.152. The highest BCUT2D eigenvalue weighted by Crippen LogP contribution is 2.30. The van der Waals surface area contributed by atoms with Gasteiger partial charge in [0.25, 0.3) is 0 Å². The smallest absolute Gasteiger partial charge is 0.123 e. The lowest BCUT2D eigenvalue weighted by Crippen LogP contribution is -2.56. The zero-order valence-electron chi connectivity index (χ0n) is 10.2. The number of likely N-dealkylation sites (N-methyl/N-ethyl adjacent to an activating group) is 2. The Morgan fingerprint density at radius 3 is 2.69 bits per heavy atom. The van der Waals surface area contributed by atoms with Crippen LogP contribution in [-0.2, 0) is 5.54 Å². The van der Waals surface area contributed by atoms with Gasteiger partial charge in [-0.3, -0.25) is 4.90 Å². The molecule has 0 radical (unpaired) electrons. The van der Waals surface area contributed by atoms with E-state index < -0.39 is 0 Å². The summed E-state index contributed by atoms with van der Waals surface area (Å²) in [4.78, 5) is 4.60. The van der Waals surface area contributed by atoms with Crippen LogP contribution in [0.2, 0.25) is 0 Å². The molecule has 88 valence electrons. The molecule has 1 unspecified atom stereocenters. The zero-order chi connectivity index (χ0) is 11.8. The number of halogens is 1. The average Bonchev–Trinajstić information content (AvgIpc) is 2.24. The lowest BCUT2D eigenvalue weighted by Gasteiger charge is -2.46. The molecular formula is C13H19FN2. The second-order valence-corrected chi connectivity index (χ2v) is 4.94. The van der Waals surface area contributed by atoms with Gasteiger partial charge in [-0.15, -0.1) is 0 Å². The molecule has 1 aromatic carbocycles. The van der Waals surface area contributed by atoms with Gasteiger partial charge in [-0.05, 0) is 38.7 Å². The molecule has 1 heterocycles. The molecule has 2 nitrogen and oxygen atoms in total. The maximum atomic E-state index is 13.3. The van der Waals surface area contributed by atoms with E-state index in [1.807, 2.05) is 6.07 Å². The van der Waals surface area contributed by atoms with Gasteiger partial charge in [0.05, 0.1) is 5.54 Å². The van der Waals surface area contributed by atoms with Crippen LogP contribution in [0.15, 0.2) is 24.3 Å². The Kier molecular flexibility index (Phi) is 3.00. The first-order chi connectivity index (χ1) is 7.52. The van der Waals surface area contributed by atoms with E-state index in [0.717, 1.165) is 25.2 Å². The number of nitrogens with zero attached hydrogens (tertiary/aromatic N) is 2. The second kappa shape index (κ2) is 4.15. The van der Waals surface area contributed by atoms with E-state index in [4.69, 9.17) is 0 Å². The quantitative estimate of drug-likeness (QED) is 0.716. The number of piperazine rings is 1. The average molecular weight is 222 g/mol. The number of hydrogen-bond donors (Lipinski definition) is 0. The van der Waals surface area contributed by atoms with Crippen molar-refractivity contribution in [2.75, 3.05) is 33.7 Å². The Bertz CT molecular complexity index is 380. The van der Waals surface area contributed by atoms with Crippen LogP contribution in [0.25, 0.3) is 0 Å². The van der Waals surface area contributed by atoms with Crippen LogP contribution >= 0.6 is 0 Å². The third-order valence-electron chi connectivity index (χ3n) is 3.68. The predicted molar refractivity (Wildman–Crippen MR) is 63.9 cm³/mol. The van der Waals surface area contributed by atoms with Gasteiger partial charge in [0, 0.05) is 19.6 Å². The highest BCUT2D eigenvalue weighted by atomic mass is 19.1. The Morgan fingerprint density at radius 2 is 2.00 bits per heavy atom. The summed E-state index contributed by atoms with van der Waals surface area (Å²) in [7, 11) is 4.22.